The second kappa shape index (κ2) is 9.00. The molecule has 1 aliphatic rings. The van der Waals surface area contributed by atoms with E-state index in [1.54, 1.807) is 60.4 Å². The van der Waals surface area contributed by atoms with Crippen molar-refractivity contribution in [2.24, 2.45) is 7.05 Å². The minimum absolute atomic E-state index is 0.276. The number of aryl methyl sites for hydroxylation is 1. The van der Waals surface area contributed by atoms with Gasteiger partial charge in [-0.2, -0.15) is 0 Å². The molecule has 2 aromatic heterocycles. The van der Waals surface area contributed by atoms with E-state index in [2.05, 4.69) is 10.3 Å². The molecule has 1 fully saturated rings. The lowest BCUT2D eigenvalue weighted by Crippen LogP contribution is -2.59. The number of carboxylic acid groups (broad SMARTS) is 1. The van der Waals surface area contributed by atoms with Crippen molar-refractivity contribution in [1.29, 1.82) is 0 Å². The van der Waals surface area contributed by atoms with Crippen molar-refractivity contribution in [1.82, 2.24) is 14.9 Å². The van der Waals surface area contributed by atoms with Gasteiger partial charge in [-0.15, -0.1) is 0 Å². The molecule has 0 saturated carbocycles. The summed E-state index contributed by atoms with van der Waals surface area (Å²) in [6.45, 7) is 0.610. The molecule has 178 valence electrons. The number of fused-ring (bicyclic) bond motifs is 1. The molecule has 1 saturated heterocycles. The molecule has 0 unspecified atom stereocenters. The van der Waals surface area contributed by atoms with Crippen LogP contribution in [0.2, 0.25) is 10.0 Å². The fourth-order valence-electron chi connectivity index (χ4n) is 4.48. The van der Waals surface area contributed by atoms with Crippen LogP contribution in [-0.2, 0) is 22.1 Å². The summed E-state index contributed by atoms with van der Waals surface area (Å²) in [5.41, 5.74) is 2.56. The van der Waals surface area contributed by atoms with Crippen molar-refractivity contribution in [2.75, 3.05) is 13.2 Å². The monoisotopic (exact) mass is 509 g/mol. The summed E-state index contributed by atoms with van der Waals surface area (Å²) >= 11 is 12.5. The molecule has 0 bridgehead atoms. The van der Waals surface area contributed by atoms with Gasteiger partial charge in [-0.1, -0.05) is 53.5 Å². The number of hydrogen-bond acceptors (Lipinski definition) is 4. The van der Waals surface area contributed by atoms with Gasteiger partial charge in [-0.25, -0.2) is 0 Å². The van der Waals surface area contributed by atoms with Crippen molar-refractivity contribution >= 4 is 46.0 Å². The molecule has 7 nitrogen and oxygen atoms in total. The largest absolute Gasteiger partial charge is 0.481 e. The van der Waals surface area contributed by atoms with Gasteiger partial charge in [-0.3, -0.25) is 14.6 Å². The van der Waals surface area contributed by atoms with Crippen molar-refractivity contribution in [3.8, 4) is 0 Å². The molecule has 1 atom stereocenters. The van der Waals surface area contributed by atoms with Gasteiger partial charge < -0.3 is 19.7 Å². The molecule has 2 aromatic carbocycles. The number of halogens is 2. The maximum Gasteiger partial charge on any atom is 0.315 e. The first-order valence-electron chi connectivity index (χ1n) is 10.9. The van der Waals surface area contributed by atoms with Gasteiger partial charge in [0.1, 0.15) is 17.2 Å². The van der Waals surface area contributed by atoms with Gasteiger partial charge in [0.05, 0.1) is 23.3 Å². The molecule has 2 N–H and O–H groups in total. The number of ether oxygens (including phenoxy) is 1. The van der Waals surface area contributed by atoms with Crippen LogP contribution in [0.4, 0.5) is 0 Å². The number of carbonyl (C=O) groups excluding carboxylic acids is 1. The van der Waals surface area contributed by atoms with Gasteiger partial charge in [-0.05, 0) is 41.0 Å². The molecule has 5 rings (SSSR count). The second-order valence-electron chi connectivity index (χ2n) is 8.59. The average molecular weight is 510 g/mol. The Kier molecular flexibility index (Phi) is 6.01. The summed E-state index contributed by atoms with van der Waals surface area (Å²) in [4.78, 5) is 29.3. The van der Waals surface area contributed by atoms with Crippen LogP contribution in [0, 0.1) is 0 Å². The zero-order valence-corrected chi connectivity index (χ0v) is 20.2. The first-order valence-corrected chi connectivity index (χ1v) is 11.6. The zero-order chi connectivity index (χ0) is 24.7. The fourth-order valence-corrected chi connectivity index (χ4v) is 4.86. The van der Waals surface area contributed by atoms with Crippen LogP contribution in [0.1, 0.15) is 33.1 Å². The highest BCUT2D eigenvalue weighted by Gasteiger charge is 2.42. The van der Waals surface area contributed by atoms with Gasteiger partial charge >= 0.3 is 5.97 Å². The normalized spacial score (nSPS) is 15.4. The molecule has 1 aliphatic heterocycles. The number of pyridine rings is 1. The van der Waals surface area contributed by atoms with Gasteiger partial charge in [0.2, 0.25) is 0 Å². The van der Waals surface area contributed by atoms with Crippen LogP contribution < -0.4 is 5.32 Å². The van der Waals surface area contributed by atoms with Gasteiger partial charge in [0.25, 0.3) is 5.91 Å². The molecule has 3 heterocycles. The standard InChI is InChI=1S/C26H21Cl2N3O4/c1-31-20-9-8-19(27)23(28)18(20)11-21(31)24(32)30-26(13-35-14-26)17-6-4-15(5-7-17)22(25(33)34)16-3-2-10-29-12-16/h2-12,22H,13-14H2,1H3,(H,30,32)(H,33,34)/t22-/m0/s1. The maximum atomic E-state index is 13.3. The van der Waals surface area contributed by atoms with E-state index >= 15 is 0 Å². The van der Waals surface area contributed by atoms with E-state index in [0.29, 0.717) is 45.5 Å². The Balaban J connectivity index is 1.43. The van der Waals surface area contributed by atoms with Crippen LogP contribution in [0.25, 0.3) is 10.9 Å². The predicted octanol–water partition coefficient (Wildman–Crippen LogP) is 4.75. The van der Waals surface area contributed by atoms with Crippen molar-refractivity contribution < 1.29 is 19.4 Å². The molecule has 1 amide bonds. The molecular weight excluding hydrogens is 489 g/mol. The lowest BCUT2D eigenvalue weighted by molar-refractivity contribution is -0.137. The lowest BCUT2D eigenvalue weighted by Gasteiger charge is -2.42. The number of nitrogens with one attached hydrogen (secondary N) is 1. The van der Waals surface area contributed by atoms with E-state index in [4.69, 9.17) is 27.9 Å². The Morgan fingerprint density at radius 1 is 1.11 bits per heavy atom. The number of carbonyl (C=O) groups is 2. The highest BCUT2D eigenvalue weighted by Crippen LogP contribution is 2.35. The Bertz CT molecular complexity index is 1430. The van der Waals surface area contributed by atoms with E-state index in [1.165, 1.54) is 0 Å². The third kappa shape index (κ3) is 4.05. The third-order valence-corrected chi connectivity index (χ3v) is 7.28. The molecule has 4 aromatic rings. The summed E-state index contributed by atoms with van der Waals surface area (Å²) < 4.78 is 7.25. The second-order valence-corrected chi connectivity index (χ2v) is 9.38. The number of rotatable bonds is 6. The smallest absolute Gasteiger partial charge is 0.315 e. The Hall–Kier alpha value is -3.39. The van der Waals surface area contributed by atoms with Crippen LogP contribution in [0.5, 0.6) is 0 Å². The van der Waals surface area contributed by atoms with E-state index in [9.17, 15) is 14.7 Å². The predicted molar refractivity (Wildman–Crippen MR) is 133 cm³/mol. The van der Waals surface area contributed by atoms with Crippen LogP contribution in [0.3, 0.4) is 0 Å². The topological polar surface area (TPSA) is 93.5 Å². The first kappa shape index (κ1) is 23.4. The Morgan fingerprint density at radius 3 is 2.46 bits per heavy atom. The molecule has 0 spiro atoms. The van der Waals surface area contributed by atoms with Crippen LogP contribution >= 0.6 is 23.2 Å². The Morgan fingerprint density at radius 2 is 1.86 bits per heavy atom. The number of aromatic nitrogens is 2. The van der Waals surface area contributed by atoms with Crippen molar-refractivity contribution in [3.05, 3.63) is 99.4 Å². The number of nitrogens with zero attached hydrogens (tertiary/aromatic N) is 2. The summed E-state index contributed by atoms with van der Waals surface area (Å²) in [6, 6.07) is 15.9. The molecule has 0 radical (unpaired) electrons. The quantitative estimate of drug-likeness (QED) is 0.391. The van der Waals surface area contributed by atoms with Crippen molar-refractivity contribution in [3.63, 3.8) is 0 Å². The first-order chi connectivity index (χ1) is 16.8. The molecule has 35 heavy (non-hydrogen) atoms. The van der Waals surface area contributed by atoms with E-state index < -0.39 is 17.4 Å². The maximum absolute atomic E-state index is 13.3. The van der Waals surface area contributed by atoms with E-state index in [1.807, 2.05) is 18.2 Å². The van der Waals surface area contributed by atoms with E-state index in [-0.39, 0.29) is 5.91 Å². The van der Waals surface area contributed by atoms with Crippen LogP contribution in [0.15, 0.2) is 67.0 Å². The fraction of sp³-hybridized carbons (Fsp3) is 0.192. The Labute approximate surface area is 211 Å². The number of hydrogen-bond donors (Lipinski definition) is 2. The third-order valence-electron chi connectivity index (χ3n) is 6.46. The average Bonchev–Trinajstić information content (AvgIpc) is 3.17. The molecule has 0 aliphatic carbocycles. The van der Waals surface area contributed by atoms with Gasteiger partial charge in [0.15, 0.2) is 0 Å². The summed E-state index contributed by atoms with van der Waals surface area (Å²) in [6.07, 6.45) is 3.16. The number of amides is 1. The lowest BCUT2D eigenvalue weighted by atomic mass is 9.85. The minimum atomic E-state index is -0.963. The summed E-state index contributed by atoms with van der Waals surface area (Å²) in [7, 11) is 1.80. The van der Waals surface area contributed by atoms with Crippen molar-refractivity contribution in [2.45, 2.75) is 11.5 Å². The summed E-state index contributed by atoms with van der Waals surface area (Å²) in [5, 5.41) is 14.4. The molecular formula is C26H21Cl2N3O4. The summed E-state index contributed by atoms with van der Waals surface area (Å²) in [5.74, 6) is -2.08. The molecule has 9 heteroatoms. The van der Waals surface area contributed by atoms with Gasteiger partial charge in [0, 0.05) is 30.3 Å². The number of benzene rings is 2. The van der Waals surface area contributed by atoms with Crippen LogP contribution in [-0.4, -0.2) is 39.7 Å². The number of carboxylic acids is 1. The van der Waals surface area contributed by atoms with E-state index in [0.717, 1.165) is 11.1 Å². The minimum Gasteiger partial charge on any atom is -0.481 e. The zero-order valence-electron chi connectivity index (χ0n) is 18.7. The highest BCUT2D eigenvalue weighted by atomic mass is 35.5. The number of aliphatic carboxylic acids is 1. The SMILES string of the molecule is Cn1c(C(=O)NC2(c3ccc([C@H](C(=O)O)c4cccnc4)cc3)COC2)cc2c(Cl)c(Cl)ccc21. The highest BCUT2D eigenvalue weighted by molar-refractivity contribution is 6.45.